The molecule has 4 nitrogen and oxygen atoms in total. The Morgan fingerprint density at radius 2 is 2.00 bits per heavy atom. The first-order valence-corrected chi connectivity index (χ1v) is 4.62. The van der Waals surface area contributed by atoms with Crippen LogP contribution in [0.2, 0.25) is 0 Å². The number of benzene rings is 1. The van der Waals surface area contributed by atoms with Gasteiger partial charge in [0.05, 0.1) is 4.90 Å². The lowest BCUT2D eigenvalue weighted by Gasteiger charge is -2.01. The number of aldehydes is 1. The first-order chi connectivity index (χ1) is 6.24. The van der Waals surface area contributed by atoms with Gasteiger partial charge in [0.1, 0.15) is 12.4 Å². The minimum absolute atomic E-state index is 0.0123. The van der Waals surface area contributed by atoms with Gasteiger partial charge in [-0.25, -0.2) is 4.21 Å². The molecule has 1 rings (SSSR count). The van der Waals surface area contributed by atoms with Crippen LogP contribution in [0.4, 0.5) is 0 Å². The molecule has 0 spiro atoms. The number of carbonyl (C=O) groups excluding carboxylic acids is 1. The summed E-state index contributed by atoms with van der Waals surface area (Å²) in [5, 5.41) is 0. The summed E-state index contributed by atoms with van der Waals surface area (Å²) in [5.74, 6) is 0.501. The summed E-state index contributed by atoms with van der Waals surface area (Å²) in [7, 11) is 0. The van der Waals surface area contributed by atoms with Crippen molar-refractivity contribution in [3.05, 3.63) is 24.3 Å². The standard InChI is InChI=1S/C8H8O4S/c9-5-6-12-7-1-3-8(4-2-7)13(10)11/h1-5H,6H2,(H,10,11). The lowest BCUT2D eigenvalue weighted by atomic mass is 10.3. The maximum atomic E-state index is 10.5. The molecule has 1 aromatic carbocycles. The van der Waals surface area contributed by atoms with Crippen LogP contribution in [0.3, 0.4) is 0 Å². The molecule has 0 aliphatic carbocycles. The fourth-order valence-corrected chi connectivity index (χ4v) is 1.15. The highest BCUT2D eigenvalue weighted by Gasteiger charge is 1.99. The second-order valence-corrected chi connectivity index (χ2v) is 3.17. The second-order valence-electron chi connectivity index (χ2n) is 2.20. The third kappa shape index (κ3) is 2.96. The molecule has 13 heavy (non-hydrogen) atoms. The van der Waals surface area contributed by atoms with E-state index in [4.69, 9.17) is 9.29 Å². The van der Waals surface area contributed by atoms with E-state index < -0.39 is 11.1 Å². The molecule has 1 N–H and O–H groups in total. The zero-order chi connectivity index (χ0) is 9.68. The Hall–Kier alpha value is -1.20. The summed E-state index contributed by atoms with van der Waals surface area (Å²) in [5.41, 5.74) is 0. The maximum Gasteiger partial charge on any atom is 0.186 e. The Balaban J connectivity index is 2.69. The van der Waals surface area contributed by atoms with E-state index in [0.717, 1.165) is 0 Å². The molecule has 0 saturated carbocycles. The molecule has 5 heteroatoms. The molecule has 1 unspecified atom stereocenters. The van der Waals surface area contributed by atoms with Gasteiger partial charge in [0.2, 0.25) is 0 Å². The maximum absolute atomic E-state index is 10.5. The summed E-state index contributed by atoms with van der Waals surface area (Å²) < 4.78 is 24.1. The quantitative estimate of drug-likeness (QED) is 0.578. The topological polar surface area (TPSA) is 63.6 Å². The van der Waals surface area contributed by atoms with Gasteiger partial charge in [0.15, 0.2) is 17.4 Å². The van der Waals surface area contributed by atoms with Crippen molar-refractivity contribution in [3.8, 4) is 5.75 Å². The molecule has 0 bridgehead atoms. The zero-order valence-electron chi connectivity index (χ0n) is 6.67. The van der Waals surface area contributed by atoms with Gasteiger partial charge < -0.3 is 9.29 Å². The molecule has 0 aliphatic rings. The Kier molecular flexibility index (Phi) is 3.60. The molecule has 70 valence electrons. The Bertz CT molecular complexity index is 306. The van der Waals surface area contributed by atoms with Crippen molar-refractivity contribution in [1.29, 1.82) is 0 Å². The fourth-order valence-electron chi connectivity index (χ4n) is 0.783. The Labute approximate surface area is 77.8 Å². The summed E-state index contributed by atoms with van der Waals surface area (Å²) in [6.07, 6.45) is 0.637. The summed E-state index contributed by atoms with van der Waals surface area (Å²) in [4.78, 5) is 10.2. The Morgan fingerprint density at radius 3 is 2.46 bits per heavy atom. The lowest BCUT2D eigenvalue weighted by molar-refractivity contribution is -0.109. The van der Waals surface area contributed by atoms with E-state index in [2.05, 4.69) is 0 Å². The van der Waals surface area contributed by atoms with Gasteiger partial charge in [-0.05, 0) is 24.3 Å². The molecule has 0 amide bonds. The highest BCUT2D eigenvalue weighted by Crippen LogP contribution is 2.13. The van der Waals surface area contributed by atoms with Crippen LogP contribution in [-0.4, -0.2) is 21.7 Å². The fraction of sp³-hybridized carbons (Fsp3) is 0.125. The molecule has 1 atom stereocenters. The molecular weight excluding hydrogens is 192 g/mol. The smallest absolute Gasteiger partial charge is 0.186 e. The van der Waals surface area contributed by atoms with Gasteiger partial charge >= 0.3 is 0 Å². The summed E-state index contributed by atoms with van der Waals surface area (Å²) >= 11 is -1.97. The van der Waals surface area contributed by atoms with Crippen LogP contribution in [0.15, 0.2) is 29.2 Å². The van der Waals surface area contributed by atoms with E-state index in [9.17, 15) is 9.00 Å². The summed E-state index contributed by atoms with van der Waals surface area (Å²) in [6.45, 7) is -0.0123. The van der Waals surface area contributed by atoms with Crippen LogP contribution >= 0.6 is 0 Å². The van der Waals surface area contributed by atoms with Crippen LogP contribution in [-0.2, 0) is 15.9 Å². The van der Waals surface area contributed by atoms with E-state index in [-0.39, 0.29) is 6.61 Å². The third-order valence-electron chi connectivity index (χ3n) is 1.34. The summed E-state index contributed by atoms with van der Waals surface area (Å²) in [6, 6.07) is 6.01. The lowest BCUT2D eigenvalue weighted by Crippen LogP contribution is -1.97. The minimum Gasteiger partial charge on any atom is -0.486 e. The van der Waals surface area contributed by atoms with Crippen molar-refractivity contribution in [2.45, 2.75) is 4.90 Å². The highest BCUT2D eigenvalue weighted by molar-refractivity contribution is 7.79. The van der Waals surface area contributed by atoms with Gasteiger partial charge in [-0.3, -0.25) is 4.79 Å². The van der Waals surface area contributed by atoms with E-state index in [0.29, 0.717) is 16.9 Å². The van der Waals surface area contributed by atoms with E-state index in [1.165, 1.54) is 24.3 Å². The number of hydrogen-bond acceptors (Lipinski definition) is 3. The van der Waals surface area contributed by atoms with Gasteiger partial charge in [-0.1, -0.05) is 0 Å². The predicted octanol–water partition coefficient (Wildman–Crippen LogP) is 0.845. The molecule has 0 aliphatic heterocycles. The average molecular weight is 200 g/mol. The van der Waals surface area contributed by atoms with Crippen LogP contribution in [0.5, 0.6) is 5.75 Å². The van der Waals surface area contributed by atoms with Gasteiger partial charge in [-0.2, -0.15) is 0 Å². The number of rotatable bonds is 4. The van der Waals surface area contributed by atoms with Crippen molar-refractivity contribution in [2.24, 2.45) is 0 Å². The zero-order valence-corrected chi connectivity index (χ0v) is 7.49. The van der Waals surface area contributed by atoms with E-state index in [1.807, 2.05) is 0 Å². The van der Waals surface area contributed by atoms with Crippen LogP contribution < -0.4 is 4.74 Å². The monoisotopic (exact) mass is 200 g/mol. The predicted molar refractivity (Wildman–Crippen MR) is 47.0 cm³/mol. The van der Waals surface area contributed by atoms with E-state index >= 15 is 0 Å². The largest absolute Gasteiger partial charge is 0.486 e. The van der Waals surface area contributed by atoms with E-state index in [1.54, 1.807) is 0 Å². The number of ether oxygens (including phenoxy) is 1. The van der Waals surface area contributed by atoms with Crippen molar-refractivity contribution in [2.75, 3.05) is 6.61 Å². The highest BCUT2D eigenvalue weighted by atomic mass is 32.2. The normalized spacial score (nSPS) is 12.1. The third-order valence-corrected chi connectivity index (χ3v) is 2.02. The molecule has 0 saturated heterocycles. The van der Waals surface area contributed by atoms with Gasteiger partial charge in [0.25, 0.3) is 0 Å². The van der Waals surface area contributed by atoms with Crippen molar-refractivity contribution in [1.82, 2.24) is 0 Å². The first kappa shape index (κ1) is 9.88. The second kappa shape index (κ2) is 4.74. The first-order valence-electron chi connectivity index (χ1n) is 3.51. The molecule has 0 heterocycles. The van der Waals surface area contributed by atoms with Crippen LogP contribution in [0, 0.1) is 0 Å². The molecule has 0 radical (unpaired) electrons. The minimum atomic E-state index is -1.97. The van der Waals surface area contributed by atoms with Crippen LogP contribution in [0.25, 0.3) is 0 Å². The molecule has 0 aromatic heterocycles. The molecule has 0 fully saturated rings. The number of hydrogen-bond donors (Lipinski definition) is 1. The Morgan fingerprint density at radius 1 is 1.38 bits per heavy atom. The van der Waals surface area contributed by atoms with Gasteiger partial charge in [-0.15, -0.1) is 0 Å². The van der Waals surface area contributed by atoms with Crippen molar-refractivity contribution < 1.29 is 18.3 Å². The van der Waals surface area contributed by atoms with Crippen molar-refractivity contribution in [3.63, 3.8) is 0 Å². The average Bonchev–Trinajstić information content (AvgIpc) is 2.15. The molecule has 1 aromatic rings. The van der Waals surface area contributed by atoms with Gasteiger partial charge in [0, 0.05) is 0 Å². The van der Waals surface area contributed by atoms with Crippen LogP contribution in [0.1, 0.15) is 0 Å². The van der Waals surface area contributed by atoms with Crippen molar-refractivity contribution >= 4 is 17.4 Å². The number of carbonyl (C=O) groups is 1. The SMILES string of the molecule is O=CCOc1ccc(S(=O)O)cc1. The molecular formula is C8H8O4S.